The molecule has 9 rings (SSSR count). The van der Waals surface area contributed by atoms with Gasteiger partial charge in [-0.3, -0.25) is 4.79 Å². The number of aliphatic hydroxyl groups excluding tert-OH is 1. The number of imidazole rings is 2. The number of nitrogens with zero attached hydrogens (tertiary/aromatic N) is 5. The number of benzene rings is 2. The van der Waals surface area contributed by atoms with Crippen LogP contribution in [0, 0.1) is 12.8 Å². The topological polar surface area (TPSA) is 167 Å². The Kier molecular flexibility index (Phi) is 9.83. The van der Waals surface area contributed by atoms with Crippen molar-refractivity contribution in [3.05, 3.63) is 83.9 Å². The molecule has 6 N–H and O–H groups in total. The van der Waals surface area contributed by atoms with Gasteiger partial charge in [0.05, 0.1) is 12.6 Å². The van der Waals surface area contributed by atoms with Crippen molar-refractivity contribution in [3.63, 3.8) is 0 Å². The maximum atomic E-state index is 13.1. The molecule has 1 aliphatic carbocycles. The molecule has 0 bridgehead atoms. The normalized spacial score (nSPS) is 14.6. The first kappa shape index (κ1) is 36.8. The van der Waals surface area contributed by atoms with E-state index in [9.17, 15) is 9.90 Å². The SMILES string of the molecule is Cc1nc2c(-c3cc4ccc(CCN(C)C5CCCCC5)cc4[nH]3)c(-c3nc4c(-c5cc6ccc(C(=O)NC(CO)CC(C)C)cc6[nH]5)ccnc4[nH]3)cnc2[nH]1. The fraction of sp³-hybridized carbons (Fsp3) is 0.356. The van der Waals surface area contributed by atoms with Crippen molar-refractivity contribution >= 4 is 50.0 Å². The Labute approximate surface area is 331 Å². The third-order valence-corrected chi connectivity index (χ3v) is 11.7. The average molecular weight is 763 g/mol. The molecule has 292 valence electrons. The second-order valence-corrected chi connectivity index (χ2v) is 16.3. The Morgan fingerprint density at radius 3 is 2.42 bits per heavy atom. The van der Waals surface area contributed by atoms with Crippen LogP contribution in [-0.2, 0) is 6.42 Å². The zero-order valence-corrected chi connectivity index (χ0v) is 33.0. The van der Waals surface area contributed by atoms with Crippen molar-refractivity contribution in [1.29, 1.82) is 0 Å². The molecule has 0 saturated heterocycles. The van der Waals surface area contributed by atoms with Crippen LogP contribution in [0.3, 0.4) is 0 Å². The summed E-state index contributed by atoms with van der Waals surface area (Å²) in [7, 11) is 2.28. The van der Waals surface area contributed by atoms with Crippen LogP contribution < -0.4 is 5.32 Å². The summed E-state index contributed by atoms with van der Waals surface area (Å²) >= 11 is 0. The van der Waals surface area contributed by atoms with Gasteiger partial charge in [-0.2, -0.15) is 0 Å². The lowest BCUT2D eigenvalue weighted by atomic mass is 9.94. The highest BCUT2D eigenvalue weighted by Crippen LogP contribution is 2.38. The minimum absolute atomic E-state index is 0.101. The van der Waals surface area contributed by atoms with Crippen LogP contribution in [0.15, 0.2) is 67.0 Å². The molecule has 1 unspecified atom stereocenters. The summed E-state index contributed by atoms with van der Waals surface area (Å²) in [4.78, 5) is 49.3. The molecule has 6 heterocycles. The fourth-order valence-corrected chi connectivity index (χ4v) is 8.68. The molecule has 0 radical (unpaired) electrons. The number of amides is 1. The van der Waals surface area contributed by atoms with Crippen molar-refractivity contribution in [1.82, 2.24) is 50.1 Å². The third-order valence-electron chi connectivity index (χ3n) is 11.7. The largest absolute Gasteiger partial charge is 0.394 e. The maximum absolute atomic E-state index is 13.1. The number of rotatable bonds is 12. The van der Waals surface area contributed by atoms with Crippen LogP contribution in [0.1, 0.15) is 74.1 Å². The van der Waals surface area contributed by atoms with E-state index >= 15 is 0 Å². The number of fused-ring (bicyclic) bond motifs is 4. The molecule has 1 atom stereocenters. The van der Waals surface area contributed by atoms with E-state index < -0.39 is 0 Å². The second-order valence-electron chi connectivity index (χ2n) is 16.3. The Morgan fingerprint density at radius 2 is 1.61 bits per heavy atom. The number of likely N-dealkylation sites (N-methyl/N-ethyl adjacent to an activating group) is 1. The van der Waals surface area contributed by atoms with E-state index in [0.29, 0.717) is 46.6 Å². The number of aromatic amines is 4. The van der Waals surface area contributed by atoms with Gasteiger partial charge in [0.2, 0.25) is 0 Å². The summed E-state index contributed by atoms with van der Waals surface area (Å²) in [5, 5.41) is 14.9. The van der Waals surface area contributed by atoms with Crippen molar-refractivity contribution in [3.8, 4) is 33.9 Å². The minimum Gasteiger partial charge on any atom is -0.394 e. The molecule has 12 nitrogen and oxygen atoms in total. The Balaban J connectivity index is 1.04. The van der Waals surface area contributed by atoms with Crippen LogP contribution in [0.25, 0.3) is 78.0 Å². The van der Waals surface area contributed by atoms with E-state index in [2.05, 4.69) is 86.4 Å². The number of hydrogen-bond donors (Lipinski definition) is 6. The van der Waals surface area contributed by atoms with Crippen LogP contribution in [0.4, 0.5) is 0 Å². The van der Waals surface area contributed by atoms with Gasteiger partial charge < -0.3 is 35.3 Å². The molecular formula is C45H50N10O2. The van der Waals surface area contributed by atoms with Gasteiger partial charge >= 0.3 is 0 Å². The van der Waals surface area contributed by atoms with Crippen molar-refractivity contribution in [2.24, 2.45) is 5.92 Å². The smallest absolute Gasteiger partial charge is 0.251 e. The lowest BCUT2D eigenvalue weighted by molar-refractivity contribution is 0.0908. The maximum Gasteiger partial charge on any atom is 0.251 e. The zero-order valence-electron chi connectivity index (χ0n) is 33.0. The molecular weight excluding hydrogens is 713 g/mol. The van der Waals surface area contributed by atoms with Crippen LogP contribution in [0.5, 0.6) is 0 Å². The highest BCUT2D eigenvalue weighted by molar-refractivity contribution is 6.03. The molecule has 2 aromatic carbocycles. The molecule has 8 aromatic rings. The van der Waals surface area contributed by atoms with Crippen LogP contribution >= 0.6 is 0 Å². The van der Waals surface area contributed by atoms with E-state index in [4.69, 9.17) is 15.0 Å². The fourth-order valence-electron chi connectivity index (χ4n) is 8.68. The van der Waals surface area contributed by atoms with E-state index in [1.807, 2.05) is 37.4 Å². The standard InChI is InChI=1S/C45H50N10O2/c1-25(2)18-31(24-56)50-45(57)30-13-12-29-20-37(51-36(29)22-30)33-14-16-46-43-40(33)53-42(54-43)34-23-47-44-41(48-26(3)49-44)39(34)38-21-28-11-10-27(19-35(28)52-38)15-17-55(4)32-8-6-5-7-9-32/h10-14,16,19-23,25,31-32,51-52,56H,5-9,15,17-18,24H2,1-4H3,(H,50,57)(H,46,53,54)(H,47,48,49). The molecule has 0 aliphatic heterocycles. The molecule has 57 heavy (non-hydrogen) atoms. The summed E-state index contributed by atoms with van der Waals surface area (Å²) < 4.78 is 0. The number of nitrogens with one attached hydrogen (secondary N) is 5. The van der Waals surface area contributed by atoms with Gasteiger partial charge in [0.1, 0.15) is 22.7 Å². The zero-order chi connectivity index (χ0) is 39.2. The number of aliphatic hydroxyl groups is 1. The molecule has 1 fully saturated rings. The van der Waals surface area contributed by atoms with E-state index in [1.165, 1.54) is 37.7 Å². The molecule has 1 saturated carbocycles. The number of H-pyrrole nitrogens is 4. The van der Waals surface area contributed by atoms with Gasteiger partial charge in [-0.15, -0.1) is 0 Å². The second kappa shape index (κ2) is 15.2. The Hall–Kier alpha value is -5.85. The highest BCUT2D eigenvalue weighted by Gasteiger charge is 2.23. The monoisotopic (exact) mass is 762 g/mol. The van der Waals surface area contributed by atoms with E-state index in [0.717, 1.165) is 74.2 Å². The molecule has 6 aromatic heterocycles. The number of aromatic nitrogens is 8. The Morgan fingerprint density at radius 1 is 0.860 bits per heavy atom. The van der Waals surface area contributed by atoms with Gasteiger partial charge in [-0.1, -0.05) is 51.3 Å². The average Bonchev–Trinajstić information content (AvgIpc) is 4.02. The lowest BCUT2D eigenvalue weighted by Gasteiger charge is -2.31. The number of pyridine rings is 2. The van der Waals surface area contributed by atoms with Gasteiger partial charge in [0.15, 0.2) is 11.3 Å². The first-order chi connectivity index (χ1) is 27.7. The van der Waals surface area contributed by atoms with E-state index in [1.54, 1.807) is 6.20 Å². The van der Waals surface area contributed by atoms with Crippen molar-refractivity contribution in [2.75, 3.05) is 20.2 Å². The number of carbonyl (C=O) groups is 1. The summed E-state index contributed by atoms with van der Waals surface area (Å²) in [5.74, 6) is 1.56. The third kappa shape index (κ3) is 7.31. The highest BCUT2D eigenvalue weighted by atomic mass is 16.3. The predicted molar refractivity (Wildman–Crippen MR) is 227 cm³/mol. The number of hydrogen-bond acceptors (Lipinski definition) is 7. The van der Waals surface area contributed by atoms with Crippen molar-refractivity contribution < 1.29 is 9.90 Å². The van der Waals surface area contributed by atoms with Gasteiger partial charge in [-0.05, 0) is 87.5 Å². The first-order valence-corrected chi connectivity index (χ1v) is 20.3. The summed E-state index contributed by atoms with van der Waals surface area (Å²) in [6.07, 6.45) is 12.0. The van der Waals surface area contributed by atoms with Crippen LogP contribution in [0.2, 0.25) is 0 Å². The minimum atomic E-state index is -0.295. The van der Waals surface area contributed by atoms with Crippen molar-refractivity contribution in [2.45, 2.75) is 77.8 Å². The van der Waals surface area contributed by atoms with E-state index in [-0.39, 0.29) is 18.6 Å². The number of aryl methyl sites for hydroxylation is 1. The molecule has 1 amide bonds. The summed E-state index contributed by atoms with van der Waals surface area (Å²) in [6.45, 7) is 7.04. The summed E-state index contributed by atoms with van der Waals surface area (Å²) in [6, 6.07) is 19.0. The lowest BCUT2D eigenvalue weighted by Crippen LogP contribution is -2.38. The van der Waals surface area contributed by atoms with Gasteiger partial charge in [0.25, 0.3) is 5.91 Å². The van der Waals surface area contributed by atoms with Gasteiger partial charge in [-0.25, -0.2) is 19.9 Å². The predicted octanol–water partition coefficient (Wildman–Crippen LogP) is 8.45. The Bertz CT molecular complexity index is 2730. The van der Waals surface area contributed by atoms with Gasteiger partial charge in [0, 0.05) is 80.4 Å². The molecule has 1 aliphatic rings. The first-order valence-electron chi connectivity index (χ1n) is 20.3. The summed E-state index contributed by atoms with van der Waals surface area (Å²) in [5.41, 5.74) is 11.0. The number of carbonyl (C=O) groups excluding carboxylic acids is 1. The molecule has 0 spiro atoms. The molecule has 12 heteroatoms. The van der Waals surface area contributed by atoms with Crippen LogP contribution in [-0.4, -0.2) is 88.1 Å². The quantitative estimate of drug-likeness (QED) is 0.0726.